The summed E-state index contributed by atoms with van der Waals surface area (Å²) in [6, 6.07) is 13.1. The van der Waals surface area contributed by atoms with Gasteiger partial charge in [0.25, 0.3) is 5.91 Å². The Morgan fingerprint density at radius 1 is 1.20 bits per heavy atom. The van der Waals surface area contributed by atoms with Crippen molar-refractivity contribution in [3.05, 3.63) is 64.9 Å². The van der Waals surface area contributed by atoms with Gasteiger partial charge >= 0.3 is 0 Å². The smallest absolute Gasteiger partial charge is 0.271 e. The van der Waals surface area contributed by atoms with Crippen LogP contribution >= 0.6 is 11.6 Å². The van der Waals surface area contributed by atoms with Gasteiger partial charge in [-0.25, -0.2) is 14.5 Å². The minimum Gasteiger partial charge on any atom is -0.481 e. The molecule has 208 valence electrons. The van der Waals surface area contributed by atoms with Crippen molar-refractivity contribution in [1.82, 2.24) is 35.5 Å². The van der Waals surface area contributed by atoms with Crippen LogP contribution in [-0.4, -0.2) is 63.7 Å². The van der Waals surface area contributed by atoms with E-state index in [0.717, 1.165) is 17.5 Å². The molecule has 12 heteroatoms. The average molecular weight is 563 g/mol. The number of nitrogens with two attached hydrogens (primary N) is 1. The first-order valence-electron chi connectivity index (χ1n) is 13.1. The number of rotatable bonds is 10. The Morgan fingerprint density at radius 3 is 2.70 bits per heavy atom. The average Bonchev–Trinajstić information content (AvgIpc) is 3.57. The number of methoxy groups -OCH3 is 1. The van der Waals surface area contributed by atoms with Crippen molar-refractivity contribution in [1.29, 1.82) is 0 Å². The van der Waals surface area contributed by atoms with Crippen molar-refractivity contribution in [2.45, 2.75) is 38.4 Å². The number of nitrogens with zero attached hydrogens (tertiary/aromatic N) is 4. The molecule has 1 unspecified atom stereocenters. The second-order valence-corrected chi connectivity index (χ2v) is 10.2. The standard InChI is InChI=1S/C28H31ClN8O3/c1-16(30)12-32-27(39)23-15-37-24(34-23)10-9-22(36-37)20-5-3-4-19(26(20)29)21-8-6-17(28(35-21)40-2)13-31-14-18-7-11-25(38)33-18/h3-6,8-10,15-16,18,31H,7,11-14,30H2,1-2H3,(H,32,39)(H,33,38)/t16?,18-/m0/s1. The fraction of sp³-hybridized carbons (Fsp3) is 0.321. The van der Waals surface area contributed by atoms with Crippen LogP contribution in [-0.2, 0) is 11.3 Å². The molecule has 0 radical (unpaired) electrons. The largest absolute Gasteiger partial charge is 0.481 e. The lowest BCUT2D eigenvalue weighted by Gasteiger charge is -2.14. The normalized spacial score (nSPS) is 15.7. The summed E-state index contributed by atoms with van der Waals surface area (Å²) in [5.41, 5.74) is 10.1. The topological polar surface area (TPSA) is 149 Å². The van der Waals surface area contributed by atoms with Crippen LogP contribution in [0.3, 0.4) is 0 Å². The van der Waals surface area contributed by atoms with Crippen LogP contribution in [0.25, 0.3) is 28.2 Å². The number of nitrogens with one attached hydrogen (secondary N) is 3. The highest BCUT2D eigenvalue weighted by atomic mass is 35.5. The van der Waals surface area contributed by atoms with E-state index < -0.39 is 0 Å². The van der Waals surface area contributed by atoms with Gasteiger partial charge in [-0.2, -0.15) is 5.10 Å². The zero-order valence-corrected chi connectivity index (χ0v) is 23.0. The van der Waals surface area contributed by atoms with E-state index in [1.807, 2.05) is 43.3 Å². The van der Waals surface area contributed by atoms with Gasteiger partial charge in [0.05, 0.1) is 29.7 Å². The first-order valence-corrected chi connectivity index (χ1v) is 13.4. The second kappa shape index (κ2) is 12.0. The van der Waals surface area contributed by atoms with E-state index in [4.69, 9.17) is 27.1 Å². The number of halogens is 1. The number of imidazole rings is 1. The van der Waals surface area contributed by atoms with Gasteiger partial charge in [0.1, 0.15) is 5.69 Å². The molecule has 11 nitrogen and oxygen atoms in total. The highest BCUT2D eigenvalue weighted by Crippen LogP contribution is 2.36. The molecular weight excluding hydrogens is 532 g/mol. The lowest BCUT2D eigenvalue weighted by Crippen LogP contribution is -2.35. The number of carbonyl (C=O) groups excluding carboxylic acids is 2. The van der Waals surface area contributed by atoms with Gasteiger partial charge in [-0.05, 0) is 31.5 Å². The fourth-order valence-corrected chi connectivity index (χ4v) is 4.87. The Hall–Kier alpha value is -4.06. The Balaban J connectivity index is 1.36. The van der Waals surface area contributed by atoms with Crippen molar-refractivity contribution >= 4 is 29.1 Å². The zero-order chi connectivity index (χ0) is 28.2. The monoisotopic (exact) mass is 562 g/mol. The molecule has 40 heavy (non-hydrogen) atoms. The molecule has 1 aliphatic heterocycles. The summed E-state index contributed by atoms with van der Waals surface area (Å²) in [5.74, 6) is 0.280. The van der Waals surface area contributed by atoms with Crippen LogP contribution in [0.1, 0.15) is 35.8 Å². The molecule has 1 aliphatic rings. The van der Waals surface area contributed by atoms with E-state index in [9.17, 15) is 9.59 Å². The summed E-state index contributed by atoms with van der Waals surface area (Å²) in [6.07, 6.45) is 2.99. The lowest BCUT2D eigenvalue weighted by molar-refractivity contribution is -0.119. The Morgan fingerprint density at radius 2 is 1.98 bits per heavy atom. The van der Waals surface area contributed by atoms with Crippen molar-refractivity contribution in [2.75, 3.05) is 20.2 Å². The molecule has 4 heterocycles. The SMILES string of the molecule is COc1nc(-c2cccc(-c3ccc4nc(C(=O)NCC(C)N)cn4n3)c2Cl)ccc1CNC[C@@H]1CCC(=O)N1. The van der Waals surface area contributed by atoms with Crippen LogP contribution < -0.4 is 26.4 Å². The summed E-state index contributed by atoms with van der Waals surface area (Å²) >= 11 is 6.89. The molecule has 0 bridgehead atoms. The lowest BCUT2D eigenvalue weighted by atomic mass is 10.0. The first kappa shape index (κ1) is 27.5. The third kappa shape index (κ3) is 6.06. The van der Waals surface area contributed by atoms with Crippen molar-refractivity contribution < 1.29 is 14.3 Å². The zero-order valence-electron chi connectivity index (χ0n) is 22.3. The minimum atomic E-state index is -0.312. The second-order valence-electron chi connectivity index (χ2n) is 9.80. The van der Waals surface area contributed by atoms with Crippen LogP contribution in [0.15, 0.2) is 48.7 Å². The number of aromatic nitrogens is 4. The molecule has 0 spiro atoms. The molecule has 0 aliphatic carbocycles. The van der Waals surface area contributed by atoms with Crippen molar-refractivity contribution in [3.8, 4) is 28.4 Å². The van der Waals surface area contributed by atoms with Crippen molar-refractivity contribution in [2.24, 2.45) is 5.73 Å². The van der Waals surface area contributed by atoms with Crippen LogP contribution in [0.2, 0.25) is 5.02 Å². The summed E-state index contributed by atoms with van der Waals surface area (Å²) in [7, 11) is 1.58. The number of amides is 2. The van der Waals surface area contributed by atoms with E-state index in [0.29, 0.717) is 59.6 Å². The van der Waals surface area contributed by atoms with Gasteiger partial charge in [0, 0.05) is 54.8 Å². The van der Waals surface area contributed by atoms with Crippen LogP contribution in [0.5, 0.6) is 5.88 Å². The molecule has 1 aromatic carbocycles. The number of hydrogen-bond donors (Lipinski definition) is 4. The van der Waals surface area contributed by atoms with E-state index in [-0.39, 0.29) is 29.6 Å². The Kier molecular flexibility index (Phi) is 8.24. The maximum absolute atomic E-state index is 12.4. The molecule has 3 aromatic heterocycles. The number of ether oxygens (including phenoxy) is 1. The highest BCUT2D eigenvalue weighted by Gasteiger charge is 2.20. The minimum absolute atomic E-state index is 0.0971. The third-order valence-electron chi connectivity index (χ3n) is 6.61. The summed E-state index contributed by atoms with van der Waals surface area (Å²) in [4.78, 5) is 32.9. The predicted molar refractivity (Wildman–Crippen MR) is 152 cm³/mol. The molecule has 5 rings (SSSR count). The first-order chi connectivity index (χ1) is 19.3. The van der Waals surface area contributed by atoms with E-state index in [1.165, 1.54) is 0 Å². The molecule has 1 saturated heterocycles. The summed E-state index contributed by atoms with van der Waals surface area (Å²) < 4.78 is 7.13. The van der Waals surface area contributed by atoms with Gasteiger partial charge in [0.15, 0.2) is 5.65 Å². The molecule has 4 aromatic rings. The van der Waals surface area contributed by atoms with Gasteiger partial charge in [0.2, 0.25) is 11.8 Å². The highest BCUT2D eigenvalue weighted by molar-refractivity contribution is 6.36. The fourth-order valence-electron chi connectivity index (χ4n) is 4.55. The number of fused-ring (bicyclic) bond motifs is 1. The Labute approximate surface area is 236 Å². The van der Waals surface area contributed by atoms with Crippen LogP contribution in [0, 0.1) is 0 Å². The summed E-state index contributed by atoms with van der Waals surface area (Å²) in [5, 5.41) is 14.2. The van der Waals surface area contributed by atoms with Crippen molar-refractivity contribution in [3.63, 3.8) is 0 Å². The van der Waals surface area contributed by atoms with Gasteiger partial charge in [-0.1, -0.05) is 35.9 Å². The number of benzene rings is 1. The maximum atomic E-state index is 12.4. The Bertz CT molecular complexity index is 1550. The van der Waals surface area contributed by atoms with Crippen LogP contribution in [0.4, 0.5) is 0 Å². The predicted octanol–water partition coefficient (Wildman–Crippen LogP) is 2.57. The number of pyridine rings is 1. The van der Waals surface area contributed by atoms with Gasteiger partial charge in [-0.3, -0.25) is 9.59 Å². The number of hydrogen-bond acceptors (Lipinski definition) is 8. The molecule has 5 N–H and O–H groups in total. The van der Waals surface area contributed by atoms with Gasteiger partial charge in [-0.15, -0.1) is 0 Å². The van der Waals surface area contributed by atoms with Gasteiger partial charge < -0.3 is 26.4 Å². The third-order valence-corrected chi connectivity index (χ3v) is 7.02. The maximum Gasteiger partial charge on any atom is 0.271 e. The molecule has 1 fully saturated rings. The van der Waals surface area contributed by atoms with E-state index in [1.54, 1.807) is 23.9 Å². The summed E-state index contributed by atoms with van der Waals surface area (Å²) in [6.45, 7) is 3.40. The number of carbonyl (C=O) groups is 2. The molecular formula is C28H31ClN8O3. The van der Waals surface area contributed by atoms with E-state index >= 15 is 0 Å². The molecule has 0 saturated carbocycles. The van der Waals surface area contributed by atoms with E-state index in [2.05, 4.69) is 26.0 Å². The quantitative estimate of drug-likeness (QED) is 0.230. The molecule has 2 amide bonds. The molecule has 2 atom stereocenters.